The Hall–Kier alpha value is -4.47. The topological polar surface area (TPSA) is 38.0 Å². The van der Waals surface area contributed by atoms with Crippen molar-refractivity contribution in [3.8, 4) is 0 Å². The van der Waals surface area contributed by atoms with Gasteiger partial charge in [-0.25, -0.2) is 4.98 Å². The second-order valence-electron chi connectivity index (χ2n) is 9.96. The van der Waals surface area contributed by atoms with Crippen molar-refractivity contribution in [2.24, 2.45) is 0 Å². The Morgan fingerprint density at radius 1 is 0.605 bits per heavy atom. The van der Waals surface area contributed by atoms with Crippen LogP contribution in [0.15, 0.2) is 140 Å². The average molecular weight is 495 g/mol. The van der Waals surface area contributed by atoms with E-state index in [1.54, 1.807) is 0 Å². The molecule has 6 aromatic rings. The van der Waals surface area contributed by atoms with Crippen LogP contribution in [0.1, 0.15) is 40.6 Å². The third-order valence-corrected chi connectivity index (χ3v) is 7.66. The van der Waals surface area contributed by atoms with Gasteiger partial charge in [-0.05, 0) is 46.9 Å². The molecule has 1 aromatic heterocycles. The van der Waals surface area contributed by atoms with Crippen molar-refractivity contribution >= 4 is 10.8 Å². The van der Waals surface area contributed by atoms with Gasteiger partial charge in [-0.1, -0.05) is 133 Å². The predicted octanol–water partition coefficient (Wildman–Crippen LogP) is 7.44. The number of hydrogen-bond acceptors (Lipinski definition) is 2. The second-order valence-corrected chi connectivity index (χ2v) is 9.96. The molecule has 1 heterocycles. The molecule has 0 saturated heterocycles. The standard InChI is InChI=1S/C35H30N2O/c1-26-33(34(2,38)32-24-14-16-27-15-12-13-23-31(27)32)37(25-36-26)35(28-17-6-3-7-18-28,29-19-8-4-9-20-29)30-21-10-5-11-22-30/h3-25,38H,1-2H3. The normalized spacial score (nSPS) is 13.3. The maximum atomic E-state index is 12.5. The average Bonchev–Trinajstić information content (AvgIpc) is 3.37. The number of fused-ring (bicyclic) bond motifs is 1. The Labute approximate surface area is 223 Å². The molecule has 0 saturated carbocycles. The summed E-state index contributed by atoms with van der Waals surface area (Å²) in [4.78, 5) is 4.83. The van der Waals surface area contributed by atoms with Crippen molar-refractivity contribution in [3.63, 3.8) is 0 Å². The summed E-state index contributed by atoms with van der Waals surface area (Å²) < 4.78 is 2.18. The predicted molar refractivity (Wildman–Crippen MR) is 154 cm³/mol. The third kappa shape index (κ3) is 3.67. The highest BCUT2D eigenvalue weighted by Crippen LogP contribution is 2.45. The lowest BCUT2D eigenvalue weighted by Gasteiger charge is -2.41. The van der Waals surface area contributed by atoms with Gasteiger partial charge in [0.2, 0.25) is 0 Å². The first-order chi connectivity index (χ1) is 18.5. The fourth-order valence-corrected chi connectivity index (χ4v) is 6.01. The van der Waals surface area contributed by atoms with Crippen LogP contribution in [0.5, 0.6) is 0 Å². The Morgan fingerprint density at radius 3 is 1.63 bits per heavy atom. The molecule has 0 radical (unpaired) electrons. The molecular formula is C35H30N2O. The van der Waals surface area contributed by atoms with Gasteiger partial charge in [0, 0.05) is 0 Å². The van der Waals surface area contributed by atoms with Crippen LogP contribution >= 0.6 is 0 Å². The van der Waals surface area contributed by atoms with Gasteiger partial charge in [0.1, 0.15) is 11.1 Å². The lowest BCUT2D eigenvalue weighted by Crippen LogP contribution is -2.41. The van der Waals surface area contributed by atoms with E-state index in [1.165, 1.54) is 0 Å². The second kappa shape index (κ2) is 9.44. The Balaban J connectivity index is 1.73. The summed E-state index contributed by atoms with van der Waals surface area (Å²) in [6.07, 6.45) is 1.89. The van der Waals surface area contributed by atoms with E-state index in [0.717, 1.165) is 44.4 Å². The van der Waals surface area contributed by atoms with E-state index in [2.05, 4.69) is 95.6 Å². The van der Waals surface area contributed by atoms with Crippen molar-refractivity contribution in [2.75, 3.05) is 0 Å². The van der Waals surface area contributed by atoms with Crippen LogP contribution in [0.25, 0.3) is 10.8 Å². The number of aliphatic hydroxyl groups is 1. The molecule has 0 bridgehead atoms. The molecule has 3 nitrogen and oxygen atoms in total. The Bertz CT molecular complexity index is 1580. The summed E-state index contributed by atoms with van der Waals surface area (Å²) in [5.41, 5.74) is 3.56. The van der Waals surface area contributed by atoms with E-state index >= 15 is 0 Å². The zero-order valence-electron chi connectivity index (χ0n) is 21.6. The summed E-state index contributed by atoms with van der Waals surface area (Å²) in [5.74, 6) is 0. The smallest absolute Gasteiger partial charge is 0.129 e. The monoisotopic (exact) mass is 494 g/mol. The molecule has 0 aliphatic rings. The number of rotatable bonds is 6. The van der Waals surface area contributed by atoms with Crippen LogP contribution in [-0.4, -0.2) is 14.7 Å². The van der Waals surface area contributed by atoms with Crippen molar-refractivity contribution in [1.82, 2.24) is 9.55 Å². The van der Waals surface area contributed by atoms with Crippen molar-refractivity contribution in [3.05, 3.63) is 173 Å². The summed E-state index contributed by atoms with van der Waals surface area (Å²) >= 11 is 0. The summed E-state index contributed by atoms with van der Waals surface area (Å²) in [6.45, 7) is 3.87. The number of aromatic nitrogens is 2. The fraction of sp³-hybridized carbons (Fsp3) is 0.114. The van der Waals surface area contributed by atoms with Crippen LogP contribution in [0.3, 0.4) is 0 Å². The van der Waals surface area contributed by atoms with E-state index in [0.29, 0.717) is 0 Å². The molecule has 1 N–H and O–H groups in total. The molecule has 3 heteroatoms. The van der Waals surface area contributed by atoms with E-state index in [4.69, 9.17) is 4.98 Å². The molecule has 0 spiro atoms. The number of nitrogens with zero attached hydrogens (tertiary/aromatic N) is 2. The van der Waals surface area contributed by atoms with Crippen molar-refractivity contribution in [1.29, 1.82) is 0 Å². The first-order valence-corrected chi connectivity index (χ1v) is 13.0. The van der Waals surface area contributed by atoms with Gasteiger partial charge in [-0.15, -0.1) is 0 Å². The van der Waals surface area contributed by atoms with Gasteiger partial charge in [-0.3, -0.25) is 0 Å². The van der Waals surface area contributed by atoms with Gasteiger partial charge >= 0.3 is 0 Å². The summed E-state index contributed by atoms with van der Waals surface area (Å²) in [6, 6.07) is 45.8. The molecule has 6 rings (SSSR count). The van der Waals surface area contributed by atoms with Crippen LogP contribution in [0, 0.1) is 6.92 Å². The highest BCUT2D eigenvalue weighted by Gasteiger charge is 2.44. The third-order valence-electron chi connectivity index (χ3n) is 7.66. The van der Waals surface area contributed by atoms with Gasteiger partial charge in [-0.2, -0.15) is 0 Å². The molecule has 0 amide bonds. The van der Waals surface area contributed by atoms with Crippen molar-refractivity contribution < 1.29 is 5.11 Å². The van der Waals surface area contributed by atoms with E-state index in [9.17, 15) is 5.11 Å². The number of imidazole rings is 1. The molecule has 0 aliphatic carbocycles. The molecular weight excluding hydrogens is 464 g/mol. The van der Waals surface area contributed by atoms with Gasteiger partial charge in [0.15, 0.2) is 0 Å². The molecule has 1 atom stereocenters. The van der Waals surface area contributed by atoms with Crippen molar-refractivity contribution in [2.45, 2.75) is 25.0 Å². The highest BCUT2D eigenvalue weighted by atomic mass is 16.3. The van der Waals surface area contributed by atoms with Crippen LogP contribution in [-0.2, 0) is 11.1 Å². The molecule has 0 aliphatic heterocycles. The van der Waals surface area contributed by atoms with E-state index in [1.807, 2.05) is 62.6 Å². The van der Waals surface area contributed by atoms with Crippen LogP contribution in [0.2, 0.25) is 0 Å². The molecule has 1 unspecified atom stereocenters. The van der Waals surface area contributed by atoms with Gasteiger partial charge in [0.25, 0.3) is 0 Å². The highest BCUT2D eigenvalue weighted by molar-refractivity contribution is 5.87. The Kier molecular flexibility index (Phi) is 5.94. The molecule has 0 fully saturated rings. The lowest BCUT2D eigenvalue weighted by molar-refractivity contribution is 0.0914. The zero-order valence-corrected chi connectivity index (χ0v) is 21.6. The number of benzene rings is 5. The first kappa shape index (κ1) is 23.9. The van der Waals surface area contributed by atoms with Gasteiger partial charge in [0.05, 0.1) is 17.7 Å². The SMILES string of the molecule is Cc1ncn(C(c2ccccc2)(c2ccccc2)c2ccccc2)c1C(C)(O)c1cccc2ccccc12. The quantitative estimate of drug-likeness (QED) is 0.244. The Morgan fingerprint density at radius 2 is 1.08 bits per heavy atom. The van der Waals surface area contributed by atoms with E-state index < -0.39 is 11.1 Å². The molecule has 5 aromatic carbocycles. The maximum absolute atomic E-state index is 12.5. The largest absolute Gasteiger partial charge is 0.379 e. The molecule has 38 heavy (non-hydrogen) atoms. The minimum absolute atomic E-state index is 0.755. The van der Waals surface area contributed by atoms with Crippen LogP contribution in [0.4, 0.5) is 0 Å². The van der Waals surface area contributed by atoms with Gasteiger partial charge < -0.3 is 9.67 Å². The number of aryl methyl sites for hydroxylation is 1. The number of hydrogen-bond donors (Lipinski definition) is 1. The first-order valence-electron chi connectivity index (χ1n) is 13.0. The fourth-order valence-electron chi connectivity index (χ4n) is 6.01. The van der Waals surface area contributed by atoms with Crippen LogP contribution < -0.4 is 0 Å². The zero-order chi connectivity index (χ0) is 26.2. The summed E-state index contributed by atoms with van der Waals surface area (Å²) in [5, 5.41) is 14.7. The van der Waals surface area contributed by atoms with E-state index in [-0.39, 0.29) is 0 Å². The summed E-state index contributed by atoms with van der Waals surface area (Å²) in [7, 11) is 0. The maximum Gasteiger partial charge on any atom is 0.129 e. The minimum Gasteiger partial charge on any atom is -0.379 e. The molecule has 186 valence electrons. The lowest BCUT2D eigenvalue weighted by atomic mass is 9.75. The minimum atomic E-state index is -1.33.